The molecule has 8 heteroatoms. The van der Waals surface area contributed by atoms with E-state index in [9.17, 15) is 19.5 Å². The summed E-state index contributed by atoms with van der Waals surface area (Å²) in [6.07, 6.45) is -1.23. The molecule has 20 heavy (non-hydrogen) atoms. The molecule has 0 fully saturated rings. The first kappa shape index (κ1) is 18.3. The standard InChI is InChI=1S/C12H22N2O6/c1-7(2)10(19)13-14-12(20,6-9(17)18)11(3,4)5-8(15)16/h7,14,20H,5-6H2,1-4H3,(H,13,19)(H,15,16)(H,17,18). The van der Waals surface area contributed by atoms with Gasteiger partial charge in [-0.25, -0.2) is 5.43 Å². The van der Waals surface area contributed by atoms with Crippen LogP contribution in [-0.4, -0.2) is 38.9 Å². The van der Waals surface area contributed by atoms with E-state index in [1.165, 1.54) is 13.8 Å². The number of amides is 1. The van der Waals surface area contributed by atoms with Crippen LogP contribution in [0, 0.1) is 11.3 Å². The van der Waals surface area contributed by atoms with Gasteiger partial charge in [-0.1, -0.05) is 27.7 Å². The molecular weight excluding hydrogens is 268 g/mol. The van der Waals surface area contributed by atoms with E-state index in [1.54, 1.807) is 13.8 Å². The number of hydrogen-bond donors (Lipinski definition) is 5. The van der Waals surface area contributed by atoms with E-state index in [0.717, 1.165) is 0 Å². The van der Waals surface area contributed by atoms with Gasteiger partial charge >= 0.3 is 11.9 Å². The number of aliphatic hydroxyl groups is 1. The Labute approximate surface area is 117 Å². The summed E-state index contributed by atoms with van der Waals surface area (Å²) in [6.45, 7) is 6.04. The van der Waals surface area contributed by atoms with Crippen LogP contribution in [-0.2, 0) is 14.4 Å². The number of hydrazine groups is 1. The van der Waals surface area contributed by atoms with Crippen molar-refractivity contribution in [3.05, 3.63) is 0 Å². The minimum absolute atomic E-state index is 0.376. The fraction of sp³-hybridized carbons (Fsp3) is 0.750. The van der Waals surface area contributed by atoms with Crippen LogP contribution in [0.15, 0.2) is 0 Å². The van der Waals surface area contributed by atoms with Crippen LogP contribution in [0.1, 0.15) is 40.5 Å². The maximum absolute atomic E-state index is 11.5. The lowest BCUT2D eigenvalue weighted by Gasteiger charge is -2.41. The highest BCUT2D eigenvalue weighted by molar-refractivity contribution is 5.77. The molecule has 1 unspecified atom stereocenters. The normalized spacial score (nSPS) is 14.7. The van der Waals surface area contributed by atoms with Crippen molar-refractivity contribution in [1.29, 1.82) is 0 Å². The van der Waals surface area contributed by atoms with E-state index in [4.69, 9.17) is 10.2 Å². The zero-order valence-electron chi connectivity index (χ0n) is 12.1. The van der Waals surface area contributed by atoms with Crippen molar-refractivity contribution in [2.45, 2.75) is 46.3 Å². The summed E-state index contributed by atoms with van der Waals surface area (Å²) >= 11 is 0. The third-order valence-electron chi connectivity index (χ3n) is 3.04. The quantitative estimate of drug-likeness (QED) is 0.312. The van der Waals surface area contributed by atoms with Crippen LogP contribution in [0.4, 0.5) is 0 Å². The largest absolute Gasteiger partial charge is 0.481 e. The Balaban J connectivity index is 5.13. The van der Waals surface area contributed by atoms with E-state index in [0.29, 0.717) is 0 Å². The molecule has 0 aromatic heterocycles. The van der Waals surface area contributed by atoms with Crippen molar-refractivity contribution >= 4 is 17.8 Å². The second kappa shape index (κ2) is 6.67. The molecule has 0 aliphatic rings. The number of rotatable bonds is 8. The fourth-order valence-electron chi connectivity index (χ4n) is 1.51. The first-order valence-corrected chi connectivity index (χ1v) is 6.14. The lowest BCUT2D eigenvalue weighted by atomic mass is 9.76. The highest BCUT2D eigenvalue weighted by Gasteiger charge is 2.47. The monoisotopic (exact) mass is 290 g/mol. The van der Waals surface area contributed by atoms with Crippen molar-refractivity contribution in [2.75, 3.05) is 0 Å². The molecule has 1 amide bonds. The summed E-state index contributed by atoms with van der Waals surface area (Å²) in [5, 5.41) is 28.1. The highest BCUT2D eigenvalue weighted by atomic mass is 16.4. The number of carbonyl (C=O) groups is 3. The van der Waals surface area contributed by atoms with Gasteiger partial charge in [-0.15, -0.1) is 0 Å². The van der Waals surface area contributed by atoms with Crippen molar-refractivity contribution in [3.63, 3.8) is 0 Å². The van der Waals surface area contributed by atoms with Crippen LogP contribution in [0.3, 0.4) is 0 Å². The number of carboxylic acids is 2. The molecule has 0 aromatic carbocycles. The molecule has 8 nitrogen and oxygen atoms in total. The van der Waals surface area contributed by atoms with Crippen molar-refractivity contribution < 1.29 is 29.7 Å². The maximum Gasteiger partial charge on any atom is 0.307 e. The van der Waals surface area contributed by atoms with Crippen LogP contribution in [0.5, 0.6) is 0 Å². The Morgan fingerprint density at radius 2 is 1.50 bits per heavy atom. The number of nitrogens with one attached hydrogen (secondary N) is 2. The summed E-state index contributed by atoms with van der Waals surface area (Å²) in [6, 6.07) is 0. The second-order valence-electron chi connectivity index (χ2n) is 5.65. The van der Waals surface area contributed by atoms with Gasteiger partial charge in [-0.3, -0.25) is 19.8 Å². The fourth-order valence-corrected chi connectivity index (χ4v) is 1.51. The van der Waals surface area contributed by atoms with Gasteiger partial charge in [0.25, 0.3) is 0 Å². The molecule has 0 saturated carbocycles. The molecule has 0 bridgehead atoms. The number of carbonyl (C=O) groups excluding carboxylic acids is 1. The molecule has 5 N–H and O–H groups in total. The van der Waals surface area contributed by atoms with Crippen molar-refractivity contribution in [2.24, 2.45) is 11.3 Å². The Bertz CT molecular complexity index is 393. The number of aliphatic carboxylic acids is 2. The predicted molar refractivity (Wildman–Crippen MR) is 69.4 cm³/mol. The zero-order chi connectivity index (χ0) is 16.1. The lowest BCUT2D eigenvalue weighted by Crippen LogP contribution is -2.63. The summed E-state index contributed by atoms with van der Waals surface area (Å²) in [5.41, 5.74) is 1.06. The molecule has 0 aliphatic heterocycles. The van der Waals surface area contributed by atoms with Gasteiger partial charge in [-0.2, -0.15) is 0 Å². The molecule has 0 saturated heterocycles. The van der Waals surface area contributed by atoms with Crippen molar-refractivity contribution in [1.82, 2.24) is 10.9 Å². The Hall–Kier alpha value is -1.67. The second-order valence-corrected chi connectivity index (χ2v) is 5.65. The van der Waals surface area contributed by atoms with Crippen LogP contribution >= 0.6 is 0 Å². The molecule has 0 aromatic rings. The minimum Gasteiger partial charge on any atom is -0.481 e. The smallest absolute Gasteiger partial charge is 0.307 e. The van der Waals surface area contributed by atoms with E-state index < -0.39 is 41.8 Å². The Kier molecular flexibility index (Phi) is 6.11. The van der Waals surface area contributed by atoms with Gasteiger partial charge in [0.05, 0.1) is 12.8 Å². The predicted octanol–water partition coefficient (Wildman–Crippen LogP) is -0.0726. The molecule has 0 radical (unpaired) electrons. The van der Waals surface area contributed by atoms with Gasteiger partial charge in [0.15, 0.2) is 0 Å². The molecule has 116 valence electrons. The van der Waals surface area contributed by atoms with E-state index in [1.807, 2.05) is 0 Å². The van der Waals surface area contributed by atoms with E-state index in [2.05, 4.69) is 10.9 Å². The highest BCUT2D eigenvalue weighted by Crippen LogP contribution is 2.34. The van der Waals surface area contributed by atoms with E-state index in [-0.39, 0.29) is 5.92 Å². The van der Waals surface area contributed by atoms with Crippen molar-refractivity contribution in [3.8, 4) is 0 Å². The summed E-state index contributed by atoms with van der Waals surface area (Å²) in [7, 11) is 0. The third kappa shape index (κ3) is 5.14. The SMILES string of the molecule is CC(C)C(=O)NNC(O)(CC(=O)O)C(C)(C)CC(=O)O. The summed E-state index contributed by atoms with van der Waals surface area (Å²) in [4.78, 5) is 33.2. The maximum atomic E-state index is 11.5. The van der Waals surface area contributed by atoms with Gasteiger partial charge in [-0.05, 0) is 0 Å². The Morgan fingerprint density at radius 3 is 1.85 bits per heavy atom. The molecular formula is C12H22N2O6. The van der Waals surface area contributed by atoms with Gasteiger partial charge in [0.1, 0.15) is 5.72 Å². The topological polar surface area (TPSA) is 136 Å². The third-order valence-corrected chi connectivity index (χ3v) is 3.04. The van der Waals surface area contributed by atoms with Gasteiger partial charge in [0, 0.05) is 11.3 Å². The van der Waals surface area contributed by atoms with E-state index >= 15 is 0 Å². The average Bonchev–Trinajstić information content (AvgIpc) is 2.22. The summed E-state index contributed by atoms with van der Waals surface area (Å²) < 4.78 is 0. The molecule has 0 rings (SSSR count). The molecule has 0 heterocycles. The molecule has 1 atom stereocenters. The Morgan fingerprint density at radius 1 is 1.05 bits per heavy atom. The lowest BCUT2D eigenvalue weighted by molar-refractivity contribution is -0.167. The number of carboxylic acid groups (broad SMARTS) is 2. The average molecular weight is 290 g/mol. The molecule has 0 aliphatic carbocycles. The van der Waals surface area contributed by atoms with Crippen LogP contribution in [0.25, 0.3) is 0 Å². The van der Waals surface area contributed by atoms with Crippen LogP contribution in [0.2, 0.25) is 0 Å². The van der Waals surface area contributed by atoms with Gasteiger partial charge in [0.2, 0.25) is 5.91 Å². The number of hydrogen-bond acceptors (Lipinski definition) is 5. The first-order chi connectivity index (χ1) is 8.91. The summed E-state index contributed by atoms with van der Waals surface area (Å²) in [5.74, 6) is -3.33. The minimum atomic E-state index is -2.10. The van der Waals surface area contributed by atoms with Gasteiger partial charge < -0.3 is 15.3 Å². The zero-order valence-corrected chi connectivity index (χ0v) is 12.1. The van der Waals surface area contributed by atoms with Crippen LogP contribution < -0.4 is 10.9 Å². The molecule has 0 spiro atoms. The first-order valence-electron chi connectivity index (χ1n) is 6.14.